The summed E-state index contributed by atoms with van der Waals surface area (Å²) >= 11 is 0. The summed E-state index contributed by atoms with van der Waals surface area (Å²) in [5.41, 5.74) is 1.60. The molecule has 2 amide bonds. The summed E-state index contributed by atoms with van der Waals surface area (Å²) in [4.78, 5) is 28.6. The van der Waals surface area contributed by atoms with Crippen molar-refractivity contribution in [2.24, 2.45) is 0 Å². The van der Waals surface area contributed by atoms with Crippen molar-refractivity contribution in [1.82, 2.24) is 9.62 Å². The lowest BCUT2D eigenvalue weighted by Gasteiger charge is -2.27. The van der Waals surface area contributed by atoms with Crippen LogP contribution in [0.1, 0.15) is 44.6 Å². The van der Waals surface area contributed by atoms with Gasteiger partial charge in [-0.2, -0.15) is 0 Å². The number of carbonyl (C=O) groups excluding carboxylic acids is 2. The van der Waals surface area contributed by atoms with Crippen molar-refractivity contribution < 1.29 is 18.0 Å². The second-order valence-electron chi connectivity index (χ2n) is 7.03. The van der Waals surface area contributed by atoms with Gasteiger partial charge in [0, 0.05) is 44.7 Å². The number of likely N-dealkylation sites (tertiary alicyclic amines) is 1. The summed E-state index contributed by atoms with van der Waals surface area (Å²) in [7, 11) is -3.51. The molecule has 1 saturated heterocycles. The fraction of sp³-hybridized carbons (Fsp3) is 0.579. The lowest BCUT2D eigenvalue weighted by molar-refractivity contribution is -0.133. The third-order valence-electron chi connectivity index (χ3n) is 5.15. The van der Waals surface area contributed by atoms with Gasteiger partial charge in [0.25, 0.3) is 0 Å². The third-order valence-corrected chi connectivity index (χ3v) is 6.70. The minimum absolute atomic E-state index is 0.0505. The summed E-state index contributed by atoms with van der Waals surface area (Å²) in [5.74, 6) is -0.0315. The highest BCUT2D eigenvalue weighted by molar-refractivity contribution is 7.89. The molecule has 0 bridgehead atoms. The molecule has 0 atom stereocenters. The van der Waals surface area contributed by atoms with Crippen LogP contribution in [0.4, 0.5) is 5.69 Å². The Balaban J connectivity index is 1.63. The van der Waals surface area contributed by atoms with Crippen LogP contribution in [0.2, 0.25) is 0 Å². The minimum atomic E-state index is -3.51. The molecule has 3 rings (SSSR count). The number of piperidine rings is 1. The number of benzene rings is 1. The first-order valence-electron chi connectivity index (χ1n) is 9.63. The first-order chi connectivity index (χ1) is 12.9. The van der Waals surface area contributed by atoms with E-state index in [0.717, 1.165) is 37.2 Å². The van der Waals surface area contributed by atoms with Gasteiger partial charge >= 0.3 is 0 Å². The minimum Gasteiger partial charge on any atom is -0.343 e. The Morgan fingerprint density at radius 2 is 1.74 bits per heavy atom. The highest BCUT2D eigenvalue weighted by atomic mass is 32.2. The third kappa shape index (κ3) is 4.50. The Hall–Kier alpha value is -1.93. The van der Waals surface area contributed by atoms with Crippen LogP contribution in [0.5, 0.6) is 0 Å². The van der Waals surface area contributed by atoms with E-state index in [2.05, 4.69) is 4.72 Å². The van der Waals surface area contributed by atoms with Crippen molar-refractivity contribution in [1.29, 1.82) is 0 Å². The zero-order chi connectivity index (χ0) is 19.4. The Morgan fingerprint density at radius 3 is 2.44 bits per heavy atom. The molecule has 148 valence electrons. The number of amides is 2. The summed E-state index contributed by atoms with van der Waals surface area (Å²) in [6.45, 7) is 4.17. The molecule has 0 radical (unpaired) electrons. The van der Waals surface area contributed by atoms with Crippen molar-refractivity contribution in [2.75, 3.05) is 31.1 Å². The average molecular weight is 394 g/mol. The van der Waals surface area contributed by atoms with Gasteiger partial charge in [-0.25, -0.2) is 13.1 Å². The summed E-state index contributed by atoms with van der Waals surface area (Å²) < 4.78 is 26.8. The molecule has 0 aromatic heterocycles. The van der Waals surface area contributed by atoms with Crippen LogP contribution in [-0.2, 0) is 26.0 Å². The number of hydrogen-bond donors (Lipinski definition) is 1. The van der Waals surface area contributed by atoms with Crippen LogP contribution in [0.25, 0.3) is 0 Å². The van der Waals surface area contributed by atoms with E-state index < -0.39 is 10.0 Å². The molecule has 27 heavy (non-hydrogen) atoms. The Morgan fingerprint density at radius 1 is 1.04 bits per heavy atom. The SMILES string of the molecule is CCNS(=O)(=O)c1ccc2c(c1)CCN2C(=O)CCC(=O)N1CCCCC1. The maximum atomic E-state index is 12.6. The summed E-state index contributed by atoms with van der Waals surface area (Å²) in [6.07, 6.45) is 4.29. The van der Waals surface area contributed by atoms with Crippen LogP contribution < -0.4 is 9.62 Å². The van der Waals surface area contributed by atoms with Crippen LogP contribution in [0.15, 0.2) is 23.1 Å². The zero-order valence-electron chi connectivity index (χ0n) is 15.7. The maximum absolute atomic E-state index is 12.6. The van der Waals surface area contributed by atoms with Gasteiger partial charge in [0.05, 0.1) is 4.90 Å². The number of hydrogen-bond acceptors (Lipinski definition) is 4. The lowest BCUT2D eigenvalue weighted by atomic mass is 10.1. The Bertz CT molecular complexity index is 816. The molecular weight excluding hydrogens is 366 g/mol. The molecule has 0 aliphatic carbocycles. The van der Waals surface area contributed by atoms with Gasteiger partial charge in [-0.05, 0) is 49.4 Å². The van der Waals surface area contributed by atoms with Gasteiger partial charge in [-0.3, -0.25) is 9.59 Å². The highest BCUT2D eigenvalue weighted by Gasteiger charge is 2.27. The number of fused-ring (bicyclic) bond motifs is 1. The first-order valence-corrected chi connectivity index (χ1v) is 11.1. The van der Waals surface area contributed by atoms with Crippen LogP contribution in [0, 0.1) is 0 Å². The largest absolute Gasteiger partial charge is 0.343 e. The van der Waals surface area contributed by atoms with Gasteiger partial charge in [0.2, 0.25) is 21.8 Å². The van der Waals surface area contributed by atoms with E-state index in [1.807, 2.05) is 4.90 Å². The number of carbonyl (C=O) groups is 2. The van der Waals surface area contributed by atoms with E-state index in [-0.39, 0.29) is 29.6 Å². The van der Waals surface area contributed by atoms with E-state index in [1.54, 1.807) is 24.0 Å². The predicted molar refractivity (Wildman–Crippen MR) is 103 cm³/mol. The molecule has 2 aliphatic heterocycles. The van der Waals surface area contributed by atoms with Gasteiger partial charge in [-0.1, -0.05) is 6.92 Å². The average Bonchev–Trinajstić information content (AvgIpc) is 3.10. The van der Waals surface area contributed by atoms with Crippen molar-refractivity contribution in [3.63, 3.8) is 0 Å². The Kier molecular flexibility index (Phi) is 6.16. The molecule has 0 spiro atoms. The van der Waals surface area contributed by atoms with Gasteiger partial charge in [-0.15, -0.1) is 0 Å². The fourth-order valence-electron chi connectivity index (χ4n) is 3.73. The van der Waals surface area contributed by atoms with E-state index >= 15 is 0 Å². The molecule has 2 heterocycles. The monoisotopic (exact) mass is 393 g/mol. The normalized spacial score (nSPS) is 17.1. The second kappa shape index (κ2) is 8.39. The van der Waals surface area contributed by atoms with Gasteiger partial charge in [0.1, 0.15) is 0 Å². The number of anilines is 1. The molecule has 1 aromatic rings. The van der Waals surface area contributed by atoms with Crippen molar-refractivity contribution >= 4 is 27.5 Å². The summed E-state index contributed by atoms with van der Waals surface area (Å²) in [6, 6.07) is 4.86. The summed E-state index contributed by atoms with van der Waals surface area (Å²) in [5, 5.41) is 0. The van der Waals surface area contributed by atoms with E-state index in [0.29, 0.717) is 19.5 Å². The predicted octanol–water partition coefficient (Wildman–Crippen LogP) is 1.67. The second-order valence-corrected chi connectivity index (χ2v) is 8.80. The highest BCUT2D eigenvalue weighted by Crippen LogP contribution is 2.31. The quantitative estimate of drug-likeness (QED) is 0.796. The number of nitrogens with zero attached hydrogens (tertiary/aromatic N) is 2. The van der Waals surface area contributed by atoms with Crippen LogP contribution in [-0.4, -0.2) is 51.3 Å². The molecule has 0 unspecified atom stereocenters. The maximum Gasteiger partial charge on any atom is 0.240 e. The smallest absolute Gasteiger partial charge is 0.240 e. The van der Waals surface area contributed by atoms with Crippen LogP contribution in [0.3, 0.4) is 0 Å². The molecular formula is C19H27N3O4S. The molecule has 1 N–H and O–H groups in total. The molecule has 7 nitrogen and oxygen atoms in total. The van der Waals surface area contributed by atoms with Crippen LogP contribution >= 0.6 is 0 Å². The molecule has 2 aliphatic rings. The number of rotatable bonds is 6. The van der Waals surface area contributed by atoms with E-state index in [1.165, 1.54) is 12.5 Å². The van der Waals surface area contributed by atoms with E-state index in [4.69, 9.17) is 0 Å². The van der Waals surface area contributed by atoms with Gasteiger partial charge < -0.3 is 9.80 Å². The molecule has 1 aromatic carbocycles. The van der Waals surface area contributed by atoms with E-state index in [9.17, 15) is 18.0 Å². The zero-order valence-corrected chi connectivity index (χ0v) is 16.6. The molecule has 1 fully saturated rings. The van der Waals surface area contributed by atoms with Gasteiger partial charge in [0.15, 0.2) is 0 Å². The standard InChI is InChI=1S/C19H27N3O4S/c1-2-20-27(25,26)16-6-7-17-15(14-16)10-13-22(17)19(24)9-8-18(23)21-11-4-3-5-12-21/h6-7,14,20H,2-5,8-13H2,1H3. The fourth-order valence-corrected chi connectivity index (χ4v) is 4.82. The lowest BCUT2D eigenvalue weighted by Crippen LogP contribution is -2.37. The molecule has 8 heteroatoms. The van der Waals surface area contributed by atoms with Crippen molar-refractivity contribution in [2.45, 2.75) is 50.3 Å². The Labute approximate surface area is 160 Å². The van der Waals surface area contributed by atoms with Crippen molar-refractivity contribution in [3.05, 3.63) is 23.8 Å². The topological polar surface area (TPSA) is 86.8 Å². The van der Waals surface area contributed by atoms with Crippen molar-refractivity contribution in [3.8, 4) is 0 Å². The number of nitrogens with one attached hydrogen (secondary N) is 1. The first kappa shape index (κ1) is 19.8. The number of sulfonamides is 1. The molecule has 0 saturated carbocycles.